The van der Waals surface area contributed by atoms with E-state index in [1.54, 1.807) is 0 Å². The minimum absolute atomic E-state index is 0.836. The van der Waals surface area contributed by atoms with Gasteiger partial charge in [-0.15, -0.1) is 0 Å². The molecule has 1 heterocycles. The lowest BCUT2D eigenvalue weighted by Crippen LogP contribution is -2.38. The fraction of sp³-hybridized carbons (Fsp3) is 1.00. The van der Waals surface area contributed by atoms with Crippen LogP contribution in [-0.2, 0) is 0 Å². The second-order valence-corrected chi connectivity index (χ2v) is 5.62. The molecule has 2 unspecified atom stereocenters. The summed E-state index contributed by atoms with van der Waals surface area (Å²) >= 11 is 0. The first kappa shape index (κ1) is 9.17. The summed E-state index contributed by atoms with van der Waals surface area (Å²) < 4.78 is 0. The van der Waals surface area contributed by atoms with Crippen molar-refractivity contribution in [2.45, 2.75) is 38.1 Å². The van der Waals surface area contributed by atoms with Gasteiger partial charge in [-0.3, -0.25) is 4.90 Å². The fourth-order valence-electron chi connectivity index (χ4n) is 3.48. The molecule has 0 radical (unpaired) electrons. The Balaban J connectivity index is 1.50. The molecular weight excluding hydrogens is 172 g/mol. The molecule has 0 aromatic rings. The number of likely N-dealkylation sites (tertiary alicyclic amines) is 1. The number of nitrogens with two attached hydrogens (primary N) is 1. The van der Waals surface area contributed by atoms with Crippen molar-refractivity contribution in [2.24, 2.45) is 23.5 Å². The molecule has 80 valence electrons. The Hall–Kier alpha value is -0.0800. The lowest BCUT2D eigenvalue weighted by molar-refractivity contribution is 0.152. The Morgan fingerprint density at radius 2 is 1.64 bits per heavy atom. The van der Waals surface area contributed by atoms with Gasteiger partial charge in [0.25, 0.3) is 0 Å². The minimum atomic E-state index is 0.836. The monoisotopic (exact) mass is 194 g/mol. The van der Waals surface area contributed by atoms with Crippen LogP contribution in [0, 0.1) is 17.8 Å². The molecule has 2 nitrogen and oxygen atoms in total. The van der Waals surface area contributed by atoms with Gasteiger partial charge in [0, 0.05) is 19.1 Å². The van der Waals surface area contributed by atoms with Crippen LogP contribution in [0.25, 0.3) is 0 Å². The van der Waals surface area contributed by atoms with E-state index < -0.39 is 0 Å². The number of hydrogen-bond acceptors (Lipinski definition) is 2. The van der Waals surface area contributed by atoms with Gasteiger partial charge in [0.05, 0.1) is 0 Å². The highest BCUT2D eigenvalue weighted by Gasteiger charge is 2.46. The summed E-state index contributed by atoms with van der Waals surface area (Å²) in [6.45, 7) is 3.75. The molecule has 2 atom stereocenters. The van der Waals surface area contributed by atoms with Gasteiger partial charge in [-0.2, -0.15) is 0 Å². The lowest BCUT2D eigenvalue weighted by Gasteiger charge is -2.35. The third-order valence-corrected chi connectivity index (χ3v) is 4.67. The first-order valence-corrected chi connectivity index (χ1v) is 6.31. The van der Waals surface area contributed by atoms with Crippen molar-refractivity contribution in [3.8, 4) is 0 Å². The van der Waals surface area contributed by atoms with Crippen LogP contribution in [0.3, 0.4) is 0 Å². The van der Waals surface area contributed by atoms with E-state index >= 15 is 0 Å². The van der Waals surface area contributed by atoms with E-state index in [-0.39, 0.29) is 0 Å². The first-order chi connectivity index (χ1) is 6.86. The van der Waals surface area contributed by atoms with Gasteiger partial charge in [0.15, 0.2) is 0 Å². The average Bonchev–Trinajstić information content (AvgIpc) is 2.86. The Morgan fingerprint density at radius 3 is 2.21 bits per heavy atom. The maximum atomic E-state index is 5.72. The molecular formula is C12H22N2. The summed E-state index contributed by atoms with van der Waals surface area (Å²) in [5.74, 6) is 3.04. The maximum absolute atomic E-state index is 5.72. The van der Waals surface area contributed by atoms with Crippen molar-refractivity contribution < 1.29 is 0 Å². The summed E-state index contributed by atoms with van der Waals surface area (Å²) in [5, 5.41) is 0. The summed E-state index contributed by atoms with van der Waals surface area (Å²) in [5.41, 5.74) is 5.72. The van der Waals surface area contributed by atoms with E-state index in [1.165, 1.54) is 45.2 Å². The van der Waals surface area contributed by atoms with Crippen molar-refractivity contribution in [3.05, 3.63) is 0 Å². The molecule has 3 aliphatic rings. The van der Waals surface area contributed by atoms with Crippen LogP contribution in [0.5, 0.6) is 0 Å². The van der Waals surface area contributed by atoms with Crippen LogP contribution in [0.1, 0.15) is 32.1 Å². The van der Waals surface area contributed by atoms with Gasteiger partial charge in [-0.1, -0.05) is 0 Å². The maximum Gasteiger partial charge on any atom is 0.00957 e. The highest BCUT2D eigenvalue weighted by molar-refractivity contribution is 4.99. The predicted octanol–water partition coefficient (Wildman–Crippen LogP) is 1.46. The Kier molecular flexibility index (Phi) is 2.29. The van der Waals surface area contributed by atoms with E-state index in [0.29, 0.717) is 0 Å². The highest BCUT2D eigenvalue weighted by atomic mass is 15.2. The van der Waals surface area contributed by atoms with E-state index in [9.17, 15) is 0 Å². The average molecular weight is 194 g/mol. The van der Waals surface area contributed by atoms with Gasteiger partial charge in [-0.05, 0) is 56.4 Å². The number of rotatable bonds is 2. The van der Waals surface area contributed by atoms with Crippen LogP contribution in [0.2, 0.25) is 0 Å². The largest absolute Gasteiger partial charge is 0.330 e. The molecule has 0 bridgehead atoms. The fourth-order valence-corrected chi connectivity index (χ4v) is 3.48. The molecule has 0 spiro atoms. The lowest BCUT2D eigenvalue weighted by atomic mass is 9.85. The summed E-state index contributed by atoms with van der Waals surface area (Å²) in [7, 11) is 0. The van der Waals surface area contributed by atoms with E-state index in [0.717, 1.165) is 30.3 Å². The van der Waals surface area contributed by atoms with Crippen LogP contribution in [0.15, 0.2) is 0 Å². The molecule has 0 aromatic heterocycles. The van der Waals surface area contributed by atoms with E-state index in [1.807, 2.05) is 0 Å². The molecule has 2 saturated carbocycles. The minimum Gasteiger partial charge on any atom is -0.330 e. The van der Waals surface area contributed by atoms with Crippen molar-refractivity contribution in [3.63, 3.8) is 0 Å². The number of hydrogen-bond donors (Lipinski definition) is 1. The van der Waals surface area contributed by atoms with Crippen molar-refractivity contribution in [2.75, 3.05) is 19.6 Å². The Bertz CT molecular complexity index is 198. The summed E-state index contributed by atoms with van der Waals surface area (Å²) in [6.07, 6.45) is 7.14. The van der Waals surface area contributed by atoms with E-state index in [4.69, 9.17) is 5.73 Å². The van der Waals surface area contributed by atoms with Gasteiger partial charge in [0.1, 0.15) is 0 Å². The second kappa shape index (κ2) is 3.49. The van der Waals surface area contributed by atoms with Gasteiger partial charge in [0.2, 0.25) is 0 Å². The zero-order chi connectivity index (χ0) is 9.54. The number of nitrogens with zero attached hydrogens (tertiary/aromatic N) is 1. The second-order valence-electron chi connectivity index (χ2n) is 5.62. The van der Waals surface area contributed by atoms with Crippen molar-refractivity contribution in [1.82, 2.24) is 4.90 Å². The third kappa shape index (κ3) is 1.59. The molecule has 2 aliphatic carbocycles. The third-order valence-electron chi connectivity index (χ3n) is 4.67. The molecule has 1 saturated heterocycles. The smallest absolute Gasteiger partial charge is 0.00957 e. The van der Waals surface area contributed by atoms with E-state index in [2.05, 4.69) is 4.90 Å². The molecule has 2 N–H and O–H groups in total. The van der Waals surface area contributed by atoms with Crippen molar-refractivity contribution >= 4 is 0 Å². The molecule has 1 aliphatic heterocycles. The topological polar surface area (TPSA) is 29.3 Å². The first-order valence-electron chi connectivity index (χ1n) is 6.31. The highest BCUT2D eigenvalue weighted by Crippen LogP contribution is 2.46. The zero-order valence-corrected chi connectivity index (χ0v) is 8.99. The molecule has 3 rings (SSSR count). The van der Waals surface area contributed by atoms with Crippen LogP contribution >= 0.6 is 0 Å². The predicted molar refractivity (Wildman–Crippen MR) is 58.0 cm³/mol. The van der Waals surface area contributed by atoms with Gasteiger partial charge in [-0.25, -0.2) is 0 Å². The van der Waals surface area contributed by atoms with Gasteiger partial charge >= 0.3 is 0 Å². The Morgan fingerprint density at radius 1 is 1.00 bits per heavy atom. The zero-order valence-electron chi connectivity index (χ0n) is 8.99. The van der Waals surface area contributed by atoms with Crippen molar-refractivity contribution in [1.29, 1.82) is 0 Å². The Labute approximate surface area is 86.8 Å². The molecule has 14 heavy (non-hydrogen) atoms. The quantitative estimate of drug-likeness (QED) is 0.721. The standard InChI is InChI=1S/C12H22N2/c13-6-9-1-3-12(4-2-9)14-7-10-5-11(10)8-14/h9-12H,1-8,13H2. The molecule has 3 fully saturated rings. The number of piperidine rings is 1. The van der Waals surface area contributed by atoms with Gasteiger partial charge < -0.3 is 5.73 Å². The molecule has 0 aromatic carbocycles. The normalized spacial score (nSPS) is 47.8. The van der Waals surface area contributed by atoms with Crippen LogP contribution in [-0.4, -0.2) is 30.6 Å². The summed E-state index contributed by atoms with van der Waals surface area (Å²) in [4.78, 5) is 2.77. The van der Waals surface area contributed by atoms with Crippen LogP contribution in [0.4, 0.5) is 0 Å². The summed E-state index contributed by atoms with van der Waals surface area (Å²) in [6, 6.07) is 0.922. The van der Waals surface area contributed by atoms with Crippen LogP contribution < -0.4 is 5.73 Å². The molecule has 0 amide bonds. The SMILES string of the molecule is NCC1CCC(N2CC3CC3C2)CC1. The number of fused-ring (bicyclic) bond motifs is 1. The molecule has 2 heteroatoms.